The first-order chi connectivity index (χ1) is 8.31. The molecular formula is C14H10FNO. The van der Waals surface area contributed by atoms with Crippen molar-refractivity contribution in [2.24, 2.45) is 0 Å². The van der Waals surface area contributed by atoms with Crippen LogP contribution in [0.25, 0.3) is 0 Å². The topological polar surface area (TPSA) is 33.0 Å². The molecule has 0 amide bonds. The van der Waals surface area contributed by atoms with Crippen LogP contribution < -0.4 is 4.74 Å². The van der Waals surface area contributed by atoms with Gasteiger partial charge >= 0.3 is 0 Å². The lowest BCUT2D eigenvalue weighted by Crippen LogP contribution is -1.94. The minimum Gasteiger partial charge on any atom is -0.454 e. The Bertz CT molecular complexity index is 546. The normalized spacial score (nSPS) is 9.65. The summed E-state index contributed by atoms with van der Waals surface area (Å²) >= 11 is 0. The number of ether oxygens (including phenoxy) is 1. The number of rotatable bonds is 3. The van der Waals surface area contributed by atoms with Crippen LogP contribution >= 0.6 is 0 Å². The molecule has 0 heterocycles. The van der Waals surface area contributed by atoms with Gasteiger partial charge in [-0.3, -0.25) is 0 Å². The van der Waals surface area contributed by atoms with Gasteiger partial charge < -0.3 is 4.74 Å². The average Bonchev–Trinajstić information content (AvgIpc) is 2.35. The van der Waals surface area contributed by atoms with Gasteiger partial charge in [-0.05, 0) is 18.2 Å². The number of hydrogen-bond donors (Lipinski definition) is 0. The van der Waals surface area contributed by atoms with Crippen LogP contribution in [0.5, 0.6) is 11.5 Å². The average molecular weight is 227 g/mol. The van der Waals surface area contributed by atoms with Crippen molar-refractivity contribution >= 4 is 0 Å². The summed E-state index contributed by atoms with van der Waals surface area (Å²) in [6.07, 6.45) is 0.125. The van der Waals surface area contributed by atoms with Crippen molar-refractivity contribution in [2.45, 2.75) is 6.42 Å². The molecule has 0 aliphatic rings. The summed E-state index contributed by atoms with van der Waals surface area (Å²) in [4.78, 5) is 0. The summed E-state index contributed by atoms with van der Waals surface area (Å²) in [7, 11) is 0. The number of hydrogen-bond acceptors (Lipinski definition) is 2. The van der Waals surface area contributed by atoms with E-state index in [1.54, 1.807) is 36.4 Å². The van der Waals surface area contributed by atoms with Crippen molar-refractivity contribution in [3.63, 3.8) is 0 Å². The van der Waals surface area contributed by atoms with Crippen LogP contribution in [0.1, 0.15) is 5.56 Å². The third-order valence-corrected chi connectivity index (χ3v) is 2.28. The molecule has 0 aliphatic carbocycles. The van der Waals surface area contributed by atoms with Crippen molar-refractivity contribution in [1.29, 1.82) is 5.26 Å². The quantitative estimate of drug-likeness (QED) is 0.801. The molecule has 0 atom stereocenters. The van der Waals surface area contributed by atoms with Crippen molar-refractivity contribution in [3.05, 3.63) is 59.9 Å². The summed E-state index contributed by atoms with van der Waals surface area (Å²) in [6.45, 7) is 0. The standard InChI is InChI=1S/C14H10FNO/c15-13-8-4-5-11(9-10-16)14(13)17-12-6-2-1-3-7-12/h1-8H,9H2. The Balaban J connectivity index is 2.35. The Morgan fingerprint density at radius 3 is 2.53 bits per heavy atom. The highest BCUT2D eigenvalue weighted by Gasteiger charge is 2.10. The van der Waals surface area contributed by atoms with Gasteiger partial charge in [-0.25, -0.2) is 4.39 Å². The van der Waals surface area contributed by atoms with E-state index in [1.807, 2.05) is 12.1 Å². The van der Waals surface area contributed by atoms with Gasteiger partial charge in [0.15, 0.2) is 11.6 Å². The maximum Gasteiger partial charge on any atom is 0.167 e. The molecule has 0 N–H and O–H groups in total. The Hall–Kier alpha value is -2.34. The zero-order valence-corrected chi connectivity index (χ0v) is 9.06. The number of para-hydroxylation sites is 2. The molecule has 0 saturated heterocycles. The van der Waals surface area contributed by atoms with Crippen LogP contribution in [0.3, 0.4) is 0 Å². The van der Waals surface area contributed by atoms with Crippen LogP contribution in [0.15, 0.2) is 48.5 Å². The van der Waals surface area contributed by atoms with E-state index in [0.29, 0.717) is 11.3 Å². The first kappa shape index (κ1) is 11.2. The van der Waals surface area contributed by atoms with E-state index < -0.39 is 5.82 Å². The molecule has 0 unspecified atom stereocenters. The molecule has 2 rings (SSSR count). The Morgan fingerprint density at radius 1 is 1.06 bits per heavy atom. The van der Waals surface area contributed by atoms with Gasteiger partial charge in [0.2, 0.25) is 0 Å². The maximum absolute atomic E-state index is 13.6. The molecule has 0 bridgehead atoms. The van der Waals surface area contributed by atoms with E-state index in [4.69, 9.17) is 10.00 Å². The second-order valence-corrected chi connectivity index (χ2v) is 3.48. The molecule has 0 fully saturated rings. The lowest BCUT2D eigenvalue weighted by atomic mass is 10.1. The van der Waals surface area contributed by atoms with Gasteiger partial charge in [0, 0.05) is 5.56 Å². The van der Waals surface area contributed by atoms with Gasteiger partial charge in [-0.15, -0.1) is 0 Å². The van der Waals surface area contributed by atoms with E-state index in [1.165, 1.54) is 6.07 Å². The van der Waals surface area contributed by atoms with Gasteiger partial charge in [0.05, 0.1) is 12.5 Å². The molecular weight excluding hydrogens is 217 g/mol. The summed E-state index contributed by atoms with van der Waals surface area (Å²) in [5.41, 5.74) is 0.552. The number of nitrogens with zero attached hydrogens (tertiary/aromatic N) is 1. The van der Waals surface area contributed by atoms with Crippen LogP contribution in [-0.2, 0) is 6.42 Å². The lowest BCUT2D eigenvalue weighted by Gasteiger charge is -2.09. The molecule has 2 nitrogen and oxygen atoms in total. The van der Waals surface area contributed by atoms with Gasteiger partial charge in [0.1, 0.15) is 5.75 Å². The van der Waals surface area contributed by atoms with Crippen LogP contribution in [0.2, 0.25) is 0 Å². The van der Waals surface area contributed by atoms with Gasteiger partial charge in [-0.1, -0.05) is 30.3 Å². The Morgan fingerprint density at radius 2 is 1.82 bits per heavy atom. The first-order valence-electron chi connectivity index (χ1n) is 5.18. The van der Waals surface area contributed by atoms with Crippen LogP contribution in [0, 0.1) is 17.1 Å². The summed E-state index contributed by atoms with van der Waals surface area (Å²) in [6, 6.07) is 15.5. The van der Waals surface area contributed by atoms with Gasteiger partial charge in [-0.2, -0.15) is 5.26 Å². The largest absolute Gasteiger partial charge is 0.454 e. The zero-order valence-electron chi connectivity index (χ0n) is 9.06. The Labute approximate surface area is 98.9 Å². The molecule has 0 radical (unpaired) electrons. The highest BCUT2D eigenvalue weighted by atomic mass is 19.1. The molecule has 3 heteroatoms. The summed E-state index contributed by atoms with van der Waals surface area (Å²) in [5.74, 6) is 0.221. The highest BCUT2D eigenvalue weighted by molar-refractivity contribution is 5.40. The fourth-order valence-electron chi connectivity index (χ4n) is 1.50. The smallest absolute Gasteiger partial charge is 0.167 e. The van der Waals surface area contributed by atoms with Crippen LogP contribution in [0.4, 0.5) is 4.39 Å². The minimum atomic E-state index is -0.457. The predicted molar refractivity (Wildman–Crippen MR) is 62.2 cm³/mol. The molecule has 0 aromatic heterocycles. The molecule has 84 valence electrons. The van der Waals surface area contributed by atoms with Crippen molar-refractivity contribution < 1.29 is 9.13 Å². The second kappa shape index (κ2) is 5.13. The Kier molecular flexibility index (Phi) is 3.37. The molecule has 0 spiro atoms. The zero-order chi connectivity index (χ0) is 12.1. The fraction of sp³-hybridized carbons (Fsp3) is 0.0714. The van der Waals surface area contributed by atoms with E-state index in [0.717, 1.165) is 0 Å². The fourth-order valence-corrected chi connectivity index (χ4v) is 1.50. The lowest BCUT2D eigenvalue weighted by molar-refractivity contribution is 0.437. The number of benzene rings is 2. The number of halogens is 1. The third kappa shape index (κ3) is 2.61. The highest BCUT2D eigenvalue weighted by Crippen LogP contribution is 2.28. The molecule has 2 aromatic rings. The van der Waals surface area contributed by atoms with E-state index in [9.17, 15) is 4.39 Å². The molecule has 0 saturated carbocycles. The summed E-state index contributed by atoms with van der Waals surface area (Å²) < 4.78 is 19.1. The second-order valence-electron chi connectivity index (χ2n) is 3.48. The van der Waals surface area contributed by atoms with Crippen LogP contribution in [-0.4, -0.2) is 0 Å². The third-order valence-electron chi connectivity index (χ3n) is 2.28. The minimum absolute atomic E-state index is 0.125. The van der Waals surface area contributed by atoms with Crippen molar-refractivity contribution in [1.82, 2.24) is 0 Å². The monoisotopic (exact) mass is 227 g/mol. The SMILES string of the molecule is N#CCc1cccc(F)c1Oc1ccccc1. The van der Waals surface area contributed by atoms with Crippen molar-refractivity contribution in [3.8, 4) is 17.6 Å². The van der Waals surface area contributed by atoms with Crippen molar-refractivity contribution in [2.75, 3.05) is 0 Å². The maximum atomic E-state index is 13.6. The van der Waals surface area contributed by atoms with Gasteiger partial charge in [0.25, 0.3) is 0 Å². The number of nitriles is 1. The van der Waals surface area contributed by atoms with E-state index in [2.05, 4.69) is 0 Å². The first-order valence-corrected chi connectivity index (χ1v) is 5.18. The molecule has 2 aromatic carbocycles. The van der Waals surface area contributed by atoms with E-state index >= 15 is 0 Å². The predicted octanol–water partition coefficient (Wildman–Crippen LogP) is 3.68. The molecule has 0 aliphatic heterocycles. The molecule has 17 heavy (non-hydrogen) atoms. The summed E-state index contributed by atoms with van der Waals surface area (Å²) in [5, 5.41) is 8.67. The van der Waals surface area contributed by atoms with E-state index in [-0.39, 0.29) is 12.2 Å².